The summed E-state index contributed by atoms with van der Waals surface area (Å²) in [6.07, 6.45) is 2.95. The Hall–Kier alpha value is -1.75. The van der Waals surface area contributed by atoms with Gasteiger partial charge in [0.15, 0.2) is 0 Å². The number of rotatable bonds is 5. The molecule has 0 saturated carbocycles. The molecule has 2 aromatic rings. The highest BCUT2D eigenvalue weighted by molar-refractivity contribution is 5.15. The molecule has 1 N–H and O–H groups in total. The molecule has 2 atom stereocenters. The minimum atomic E-state index is 0.0788. The van der Waals surface area contributed by atoms with Crippen molar-refractivity contribution in [2.45, 2.75) is 19.5 Å². The van der Waals surface area contributed by atoms with E-state index in [1.807, 2.05) is 12.3 Å². The molecule has 0 spiro atoms. The van der Waals surface area contributed by atoms with Gasteiger partial charge in [-0.25, -0.2) is 0 Å². The first-order valence-electron chi connectivity index (χ1n) is 9.27. The van der Waals surface area contributed by atoms with Crippen LogP contribution in [0, 0.1) is 11.3 Å². The van der Waals surface area contributed by atoms with Crippen LogP contribution in [-0.4, -0.2) is 52.7 Å². The van der Waals surface area contributed by atoms with E-state index in [4.69, 9.17) is 0 Å². The Labute approximate surface area is 150 Å². The van der Waals surface area contributed by atoms with Crippen molar-refractivity contribution in [2.75, 3.05) is 32.8 Å². The number of aliphatic hydroxyl groups excluding tert-OH is 1. The molecule has 0 unspecified atom stereocenters. The van der Waals surface area contributed by atoms with Gasteiger partial charge >= 0.3 is 0 Å². The third-order valence-electron chi connectivity index (χ3n) is 5.96. The lowest BCUT2D eigenvalue weighted by atomic mass is 9.73. The van der Waals surface area contributed by atoms with Gasteiger partial charge in [0.25, 0.3) is 0 Å². The largest absolute Gasteiger partial charge is 0.396 e. The Morgan fingerprint density at radius 1 is 1.00 bits per heavy atom. The third-order valence-corrected chi connectivity index (χ3v) is 5.96. The fraction of sp³-hybridized carbons (Fsp3) is 0.476. The molecule has 3 heterocycles. The van der Waals surface area contributed by atoms with E-state index in [1.165, 1.54) is 5.56 Å². The molecule has 4 rings (SSSR count). The topological polar surface area (TPSA) is 39.6 Å². The minimum absolute atomic E-state index is 0.0788. The first kappa shape index (κ1) is 16.7. The molecule has 4 heteroatoms. The third kappa shape index (κ3) is 3.61. The SMILES string of the molecule is OC[C@@]12CCN(Cc3ccccn3)C[C@@H]1CN(Cc1ccccc1)C2. The Kier molecular flexibility index (Phi) is 4.84. The number of pyridine rings is 1. The van der Waals surface area contributed by atoms with Crippen LogP contribution >= 0.6 is 0 Å². The predicted octanol–water partition coefficient (Wildman–Crippen LogP) is 2.40. The Morgan fingerprint density at radius 3 is 2.56 bits per heavy atom. The summed E-state index contributed by atoms with van der Waals surface area (Å²) in [6.45, 7) is 6.40. The normalized spacial score (nSPS) is 27.3. The lowest BCUT2D eigenvalue weighted by Gasteiger charge is -2.42. The maximum Gasteiger partial charge on any atom is 0.0543 e. The number of hydrogen-bond acceptors (Lipinski definition) is 4. The van der Waals surface area contributed by atoms with Crippen molar-refractivity contribution in [3.8, 4) is 0 Å². The monoisotopic (exact) mass is 337 g/mol. The van der Waals surface area contributed by atoms with E-state index in [2.05, 4.69) is 57.2 Å². The molecule has 0 amide bonds. The summed E-state index contributed by atoms with van der Waals surface area (Å²) >= 11 is 0. The van der Waals surface area contributed by atoms with E-state index < -0.39 is 0 Å². The van der Waals surface area contributed by atoms with Crippen LogP contribution in [0.2, 0.25) is 0 Å². The van der Waals surface area contributed by atoms with Gasteiger partial charge in [-0.15, -0.1) is 0 Å². The molecule has 0 aliphatic carbocycles. The highest BCUT2D eigenvalue weighted by atomic mass is 16.3. The Morgan fingerprint density at radius 2 is 1.80 bits per heavy atom. The highest BCUT2D eigenvalue weighted by Crippen LogP contribution is 2.43. The van der Waals surface area contributed by atoms with Crippen molar-refractivity contribution in [2.24, 2.45) is 11.3 Å². The molecule has 0 radical (unpaired) electrons. The maximum atomic E-state index is 10.2. The summed E-state index contributed by atoms with van der Waals surface area (Å²) in [5.74, 6) is 0.540. The summed E-state index contributed by atoms with van der Waals surface area (Å²) in [7, 11) is 0. The molecular weight excluding hydrogens is 310 g/mol. The molecule has 132 valence electrons. The predicted molar refractivity (Wildman–Crippen MR) is 98.9 cm³/mol. The van der Waals surface area contributed by atoms with Crippen LogP contribution in [-0.2, 0) is 13.1 Å². The summed E-state index contributed by atoms with van der Waals surface area (Å²) in [6, 6.07) is 16.8. The molecule has 2 fully saturated rings. The van der Waals surface area contributed by atoms with Gasteiger partial charge in [0.2, 0.25) is 0 Å². The van der Waals surface area contributed by atoms with Gasteiger partial charge in [-0.1, -0.05) is 36.4 Å². The maximum absolute atomic E-state index is 10.2. The van der Waals surface area contributed by atoms with E-state index in [9.17, 15) is 5.11 Å². The highest BCUT2D eigenvalue weighted by Gasteiger charge is 2.48. The fourth-order valence-corrected chi connectivity index (χ4v) is 4.55. The van der Waals surface area contributed by atoms with Crippen LogP contribution in [0.15, 0.2) is 54.7 Å². The molecule has 1 aromatic carbocycles. The van der Waals surface area contributed by atoms with Gasteiger partial charge in [0.1, 0.15) is 0 Å². The van der Waals surface area contributed by atoms with Crippen molar-refractivity contribution < 1.29 is 5.11 Å². The van der Waals surface area contributed by atoms with E-state index >= 15 is 0 Å². The lowest BCUT2D eigenvalue weighted by molar-refractivity contribution is 0.0156. The van der Waals surface area contributed by atoms with Crippen molar-refractivity contribution in [1.29, 1.82) is 0 Å². The second-order valence-electron chi connectivity index (χ2n) is 7.68. The van der Waals surface area contributed by atoms with Crippen molar-refractivity contribution in [3.63, 3.8) is 0 Å². The molecule has 4 nitrogen and oxygen atoms in total. The second-order valence-corrected chi connectivity index (χ2v) is 7.68. The Balaban J connectivity index is 1.42. The van der Waals surface area contributed by atoms with Crippen LogP contribution in [0.25, 0.3) is 0 Å². The first-order valence-corrected chi connectivity index (χ1v) is 9.27. The van der Waals surface area contributed by atoms with Gasteiger partial charge in [-0.3, -0.25) is 14.8 Å². The average molecular weight is 337 g/mol. The molecule has 2 saturated heterocycles. The fourth-order valence-electron chi connectivity index (χ4n) is 4.55. The molecule has 0 bridgehead atoms. The second kappa shape index (κ2) is 7.24. The Bertz CT molecular complexity index is 678. The van der Waals surface area contributed by atoms with Crippen LogP contribution < -0.4 is 0 Å². The van der Waals surface area contributed by atoms with E-state index in [0.717, 1.165) is 51.4 Å². The minimum Gasteiger partial charge on any atom is -0.396 e. The zero-order chi connectivity index (χ0) is 17.1. The van der Waals surface area contributed by atoms with E-state index in [1.54, 1.807) is 0 Å². The van der Waals surface area contributed by atoms with Gasteiger partial charge < -0.3 is 5.11 Å². The van der Waals surface area contributed by atoms with Crippen molar-refractivity contribution in [1.82, 2.24) is 14.8 Å². The summed E-state index contributed by atoms with van der Waals surface area (Å²) < 4.78 is 0. The molecule has 25 heavy (non-hydrogen) atoms. The number of hydrogen-bond donors (Lipinski definition) is 1. The van der Waals surface area contributed by atoms with Crippen LogP contribution in [0.1, 0.15) is 17.7 Å². The number of nitrogens with zero attached hydrogens (tertiary/aromatic N) is 3. The van der Waals surface area contributed by atoms with Gasteiger partial charge in [-0.2, -0.15) is 0 Å². The van der Waals surface area contributed by atoms with E-state index in [-0.39, 0.29) is 5.41 Å². The lowest BCUT2D eigenvalue weighted by Crippen LogP contribution is -2.48. The number of aromatic nitrogens is 1. The smallest absolute Gasteiger partial charge is 0.0543 e. The van der Waals surface area contributed by atoms with Crippen LogP contribution in [0.3, 0.4) is 0 Å². The van der Waals surface area contributed by atoms with E-state index in [0.29, 0.717) is 12.5 Å². The quantitative estimate of drug-likeness (QED) is 0.909. The zero-order valence-corrected chi connectivity index (χ0v) is 14.7. The number of piperidine rings is 1. The van der Waals surface area contributed by atoms with Gasteiger partial charge in [0, 0.05) is 44.3 Å². The molecule has 1 aromatic heterocycles. The van der Waals surface area contributed by atoms with Gasteiger partial charge in [0.05, 0.1) is 12.3 Å². The van der Waals surface area contributed by atoms with Crippen molar-refractivity contribution >= 4 is 0 Å². The number of fused-ring (bicyclic) bond motifs is 1. The summed E-state index contributed by atoms with van der Waals surface area (Å²) in [5, 5.41) is 10.2. The van der Waals surface area contributed by atoms with Crippen molar-refractivity contribution in [3.05, 3.63) is 66.0 Å². The molecule has 2 aliphatic heterocycles. The first-order chi connectivity index (χ1) is 12.3. The average Bonchev–Trinajstić information content (AvgIpc) is 3.01. The zero-order valence-electron chi connectivity index (χ0n) is 14.7. The standard InChI is InChI=1S/C21H27N3O/c25-17-21-9-11-23(15-20-8-4-5-10-22-20)13-19(21)14-24(16-21)12-18-6-2-1-3-7-18/h1-8,10,19,25H,9,11-17H2/t19-,21+/m1/s1. The summed E-state index contributed by atoms with van der Waals surface area (Å²) in [5.41, 5.74) is 2.58. The summed E-state index contributed by atoms with van der Waals surface area (Å²) in [4.78, 5) is 9.50. The van der Waals surface area contributed by atoms with Gasteiger partial charge in [-0.05, 0) is 36.6 Å². The number of aliphatic hydroxyl groups is 1. The van der Waals surface area contributed by atoms with Crippen LogP contribution in [0.5, 0.6) is 0 Å². The number of benzene rings is 1. The molecule has 2 aliphatic rings. The van der Waals surface area contributed by atoms with Crippen LogP contribution in [0.4, 0.5) is 0 Å². The number of likely N-dealkylation sites (tertiary alicyclic amines) is 2. The molecular formula is C21H27N3O.